The fourth-order valence-corrected chi connectivity index (χ4v) is 2.54. The molecule has 0 saturated heterocycles. The zero-order chi connectivity index (χ0) is 16.9. The zero-order valence-electron chi connectivity index (χ0n) is 12.2. The predicted octanol–water partition coefficient (Wildman–Crippen LogP) is 2.24. The van der Waals surface area contributed by atoms with Crippen LogP contribution in [0.1, 0.15) is 12.5 Å². The fraction of sp³-hybridized carbons (Fsp3) is 0.133. The van der Waals surface area contributed by atoms with Crippen molar-refractivity contribution in [1.29, 1.82) is 0 Å². The van der Waals surface area contributed by atoms with Crippen molar-refractivity contribution in [3.05, 3.63) is 53.8 Å². The van der Waals surface area contributed by atoms with Crippen molar-refractivity contribution in [3.8, 4) is 11.5 Å². The lowest BCUT2D eigenvalue weighted by atomic mass is 10.2. The van der Waals surface area contributed by atoms with Crippen LogP contribution in [0.4, 0.5) is 4.39 Å². The van der Waals surface area contributed by atoms with Crippen LogP contribution < -0.4 is 9.57 Å². The van der Waals surface area contributed by atoms with Crippen LogP contribution in [0.3, 0.4) is 0 Å². The zero-order valence-corrected chi connectivity index (χ0v) is 13.0. The molecule has 8 heteroatoms. The second-order valence-electron chi connectivity index (χ2n) is 4.43. The summed E-state index contributed by atoms with van der Waals surface area (Å²) < 4.78 is 41.9. The van der Waals surface area contributed by atoms with Crippen LogP contribution in [0, 0.1) is 5.82 Å². The van der Waals surface area contributed by atoms with Gasteiger partial charge in [-0.1, -0.05) is 6.07 Å². The number of para-hydroxylation sites is 1. The quantitative estimate of drug-likeness (QED) is 0.624. The lowest BCUT2D eigenvalue weighted by Crippen LogP contribution is -2.18. The minimum Gasteiger partial charge on any atom is -0.504 e. The normalized spacial score (nSPS) is 11.6. The second kappa shape index (κ2) is 7.10. The first-order chi connectivity index (χ1) is 10.9. The second-order valence-corrected chi connectivity index (χ2v) is 6.09. The lowest BCUT2D eigenvalue weighted by Gasteiger charge is -2.07. The number of nitrogens with zero attached hydrogens (tertiary/aromatic N) is 1. The Morgan fingerprint density at radius 1 is 1.26 bits per heavy atom. The summed E-state index contributed by atoms with van der Waals surface area (Å²) in [5, 5.41) is 13.6. The Labute approximate surface area is 133 Å². The molecule has 0 spiro atoms. The number of halogens is 1. The summed E-state index contributed by atoms with van der Waals surface area (Å²) in [6.07, 6.45) is 1.15. The molecule has 0 aliphatic carbocycles. The number of hydrazone groups is 1. The van der Waals surface area contributed by atoms with E-state index in [-0.39, 0.29) is 22.0 Å². The molecule has 0 aliphatic rings. The average Bonchev–Trinajstić information content (AvgIpc) is 2.51. The standard InChI is InChI=1S/C15H15FN2O4S/c1-2-22-14-5-3-4-11(15(14)19)10-17-18-23(20,21)13-8-6-12(16)7-9-13/h3-10,18-19H,2H2,1H3/b17-10+. The highest BCUT2D eigenvalue weighted by Gasteiger charge is 2.12. The Bertz CT molecular complexity index is 805. The van der Waals surface area contributed by atoms with Gasteiger partial charge in [0.1, 0.15) is 5.82 Å². The molecule has 2 aromatic rings. The van der Waals surface area contributed by atoms with E-state index in [0.717, 1.165) is 30.5 Å². The molecule has 2 rings (SSSR count). The highest BCUT2D eigenvalue weighted by Crippen LogP contribution is 2.28. The summed E-state index contributed by atoms with van der Waals surface area (Å²) in [5.74, 6) is -0.401. The van der Waals surface area contributed by atoms with E-state index in [1.165, 1.54) is 0 Å². The minimum atomic E-state index is -3.91. The molecule has 0 bridgehead atoms. The molecule has 0 aromatic heterocycles. The Morgan fingerprint density at radius 3 is 2.61 bits per heavy atom. The summed E-state index contributed by atoms with van der Waals surface area (Å²) in [6.45, 7) is 2.16. The topological polar surface area (TPSA) is 88.0 Å². The van der Waals surface area contributed by atoms with E-state index in [4.69, 9.17) is 4.74 Å². The molecule has 0 saturated carbocycles. The van der Waals surface area contributed by atoms with Crippen LogP contribution in [0.15, 0.2) is 52.5 Å². The summed E-state index contributed by atoms with van der Waals surface area (Å²) in [4.78, 5) is 1.87. The van der Waals surface area contributed by atoms with Gasteiger partial charge in [0.15, 0.2) is 11.5 Å². The van der Waals surface area contributed by atoms with Crippen molar-refractivity contribution in [3.63, 3.8) is 0 Å². The molecular weight excluding hydrogens is 323 g/mol. The number of nitrogens with one attached hydrogen (secondary N) is 1. The largest absolute Gasteiger partial charge is 0.504 e. The number of phenols is 1. The number of sulfonamides is 1. The third-order valence-electron chi connectivity index (χ3n) is 2.83. The minimum absolute atomic E-state index is 0.122. The first-order valence-corrected chi connectivity index (χ1v) is 8.17. The molecular formula is C15H15FN2O4S. The van der Waals surface area contributed by atoms with E-state index >= 15 is 0 Å². The van der Waals surface area contributed by atoms with E-state index in [1.54, 1.807) is 25.1 Å². The molecule has 0 amide bonds. The first-order valence-electron chi connectivity index (χ1n) is 6.69. The van der Waals surface area contributed by atoms with Crippen LogP contribution in [0.5, 0.6) is 11.5 Å². The van der Waals surface area contributed by atoms with Crippen molar-refractivity contribution < 1.29 is 22.7 Å². The van der Waals surface area contributed by atoms with Gasteiger partial charge in [-0.3, -0.25) is 0 Å². The third-order valence-corrected chi connectivity index (χ3v) is 4.07. The molecule has 23 heavy (non-hydrogen) atoms. The van der Waals surface area contributed by atoms with Crippen molar-refractivity contribution in [1.82, 2.24) is 4.83 Å². The maximum Gasteiger partial charge on any atom is 0.276 e. The van der Waals surface area contributed by atoms with Gasteiger partial charge >= 0.3 is 0 Å². The first kappa shape index (κ1) is 16.8. The van der Waals surface area contributed by atoms with Gasteiger partial charge in [-0.05, 0) is 43.3 Å². The fourth-order valence-electron chi connectivity index (χ4n) is 1.75. The Balaban J connectivity index is 2.15. The van der Waals surface area contributed by atoms with Gasteiger partial charge in [0.25, 0.3) is 10.0 Å². The van der Waals surface area contributed by atoms with E-state index in [0.29, 0.717) is 6.61 Å². The van der Waals surface area contributed by atoms with Crippen LogP contribution in [0.25, 0.3) is 0 Å². The van der Waals surface area contributed by atoms with Crippen molar-refractivity contribution >= 4 is 16.2 Å². The smallest absolute Gasteiger partial charge is 0.276 e. The molecule has 0 fully saturated rings. The van der Waals surface area contributed by atoms with Gasteiger partial charge in [0.2, 0.25) is 0 Å². The number of hydrogen-bond acceptors (Lipinski definition) is 5. The Morgan fingerprint density at radius 2 is 1.96 bits per heavy atom. The van der Waals surface area contributed by atoms with Gasteiger partial charge < -0.3 is 9.84 Å². The van der Waals surface area contributed by atoms with Gasteiger partial charge in [-0.2, -0.15) is 13.5 Å². The maximum absolute atomic E-state index is 12.8. The van der Waals surface area contributed by atoms with Crippen molar-refractivity contribution in [2.24, 2.45) is 5.10 Å². The van der Waals surface area contributed by atoms with Gasteiger partial charge in [-0.25, -0.2) is 9.22 Å². The van der Waals surface area contributed by atoms with Crippen molar-refractivity contribution in [2.45, 2.75) is 11.8 Å². The molecule has 0 heterocycles. The Hall–Kier alpha value is -2.61. The third kappa shape index (κ3) is 4.19. The maximum atomic E-state index is 12.8. The van der Waals surface area contributed by atoms with E-state index in [9.17, 15) is 17.9 Å². The highest BCUT2D eigenvalue weighted by atomic mass is 32.2. The van der Waals surface area contributed by atoms with Crippen LogP contribution >= 0.6 is 0 Å². The SMILES string of the molecule is CCOc1cccc(/C=N/NS(=O)(=O)c2ccc(F)cc2)c1O. The molecule has 2 aromatic carbocycles. The summed E-state index contributed by atoms with van der Waals surface area (Å²) >= 11 is 0. The van der Waals surface area contributed by atoms with Gasteiger partial charge in [0, 0.05) is 5.56 Å². The number of ether oxygens (including phenoxy) is 1. The van der Waals surface area contributed by atoms with Crippen LogP contribution in [-0.4, -0.2) is 26.3 Å². The molecule has 0 atom stereocenters. The Kier molecular flexibility index (Phi) is 5.17. The summed E-state index contributed by atoms with van der Waals surface area (Å²) in [7, 11) is -3.91. The molecule has 0 radical (unpaired) electrons. The van der Waals surface area contributed by atoms with Crippen molar-refractivity contribution in [2.75, 3.05) is 6.61 Å². The number of aromatic hydroxyl groups is 1. The number of phenolic OH excluding ortho intramolecular Hbond substituents is 1. The number of benzene rings is 2. The van der Waals surface area contributed by atoms with Crippen LogP contribution in [-0.2, 0) is 10.0 Å². The summed E-state index contributed by atoms with van der Waals surface area (Å²) in [5.41, 5.74) is 0.290. The highest BCUT2D eigenvalue weighted by molar-refractivity contribution is 7.89. The number of hydrogen-bond donors (Lipinski definition) is 2. The van der Waals surface area contributed by atoms with E-state index in [1.807, 2.05) is 4.83 Å². The van der Waals surface area contributed by atoms with E-state index in [2.05, 4.69) is 5.10 Å². The monoisotopic (exact) mass is 338 g/mol. The van der Waals surface area contributed by atoms with Gasteiger partial charge in [-0.15, -0.1) is 0 Å². The molecule has 6 nitrogen and oxygen atoms in total. The summed E-state index contributed by atoms with van der Waals surface area (Å²) in [6, 6.07) is 9.10. The number of rotatable bonds is 6. The average molecular weight is 338 g/mol. The van der Waals surface area contributed by atoms with Crippen LogP contribution in [0.2, 0.25) is 0 Å². The molecule has 122 valence electrons. The molecule has 0 aliphatic heterocycles. The van der Waals surface area contributed by atoms with E-state index < -0.39 is 15.8 Å². The predicted molar refractivity (Wildman–Crippen MR) is 83.6 cm³/mol. The molecule has 2 N–H and O–H groups in total. The lowest BCUT2D eigenvalue weighted by molar-refractivity contribution is 0.318. The molecule has 0 unspecified atom stereocenters. The van der Waals surface area contributed by atoms with Gasteiger partial charge in [0.05, 0.1) is 17.7 Å².